The Bertz CT molecular complexity index is 436. The van der Waals surface area contributed by atoms with E-state index in [0.717, 1.165) is 11.1 Å². The van der Waals surface area contributed by atoms with Gasteiger partial charge in [0, 0.05) is 6.42 Å². The van der Waals surface area contributed by atoms with E-state index in [4.69, 9.17) is 9.84 Å². The van der Waals surface area contributed by atoms with Crippen LogP contribution in [0.2, 0.25) is 0 Å². The van der Waals surface area contributed by atoms with Crippen LogP contribution in [0.3, 0.4) is 0 Å². The van der Waals surface area contributed by atoms with Crippen LogP contribution >= 0.6 is 0 Å². The Labute approximate surface area is 86.5 Å². The zero-order valence-corrected chi connectivity index (χ0v) is 8.19. The molecule has 1 aromatic rings. The van der Waals surface area contributed by atoms with Crippen molar-refractivity contribution in [1.82, 2.24) is 0 Å². The summed E-state index contributed by atoms with van der Waals surface area (Å²) in [6.45, 7) is 1.86. The Morgan fingerprint density at radius 2 is 2.27 bits per heavy atom. The normalized spacial score (nSPS) is 19.3. The zero-order chi connectivity index (χ0) is 11.0. The van der Waals surface area contributed by atoms with Gasteiger partial charge in [-0.2, -0.15) is 0 Å². The fraction of sp³-hybridized carbons (Fsp3) is 0.273. The SMILES string of the molecule is Cc1cccc2c1CC(C(=O)O)OC2=O. The summed E-state index contributed by atoms with van der Waals surface area (Å²) in [5, 5.41) is 8.80. The Kier molecular flexibility index (Phi) is 2.19. The molecule has 78 valence electrons. The van der Waals surface area contributed by atoms with Gasteiger partial charge in [0.15, 0.2) is 0 Å². The van der Waals surface area contributed by atoms with Gasteiger partial charge < -0.3 is 9.84 Å². The molecule has 0 spiro atoms. The number of ether oxygens (including phenoxy) is 1. The van der Waals surface area contributed by atoms with Crippen molar-refractivity contribution in [1.29, 1.82) is 0 Å². The molecule has 1 heterocycles. The van der Waals surface area contributed by atoms with Crippen LogP contribution in [-0.2, 0) is 16.0 Å². The van der Waals surface area contributed by atoms with Crippen molar-refractivity contribution >= 4 is 11.9 Å². The average Bonchev–Trinajstić information content (AvgIpc) is 2.19. The molecule has 0 aromatic heterocycles. The third kappa shape index (κ3) is 1.58. The van der Waals surface area contributed by atoms with E-state index in [-0.39, 0.29) is 6.42 Å². The van der Waals surface area contributed by atoms with E-state index in [9.17, 15) is 9.59 Å². The number of aryl methyl sites for hydroxylation is 1. The second-order valence-corrected chi connectivity index (χ2v) is 3.54. The molecule has 1 aliphatic rings. The average molecular weight is 206 g/mol. The first kappa shape index (κ1) is 9.71. The van der Waals surface area contributed by atoms with Crippen molar-refractivity contribution < 1.29 is 19.4 Å². The minimum atomic E-state index is -1.10. The second-order valence-electron chi connectivity index (χ2n) is 3.54. The molecule has 2 rings (SSSR count). The summed E-state index contributed by atoms with van der Waals surface area (Å²) in [7, 11) is 0. The number of hydrogen-bond donors (Lipinski definition) is 1. The number of fused-ring (bicyclic) bond motifs is 1. The molecule has 15 heavy (non-hydrogen) atoms. The first-order chi connectivity index (χ1) is 7.09. The van der Waals surface area contributed by atoms with Gasteiger partial charge in [0.05, 0.1) is 5.56 Å². The van der Waals surface area contributed by atoms with E-state index in [2.05, 4.69) is 0 Å². The van der Waals surface area contributed by atoms with Gasteiger partial charge in [0.25, 0.3) is 0 Å². The maximum Gasteiger partial charge on any atom is 0.345 e. The Morgan fingerprint density at radius 1 is 1.53 bits per heavy atom. The van der Waals surface area contributed by atoms with E-state index in [1.54, 1.807) is 12.1 Å². The number of esters is 1. The van der Waals surface area contributed by atoms with E-state index >= 15 is 0 Å². The first-order valence-corrected chi connectivity index (χ1v) is 4.62. The van der Waals surface area contributed by atoms with E-state index in [1.807, 2.05) is 13.0 Å². The molecule has 0 amide bonds. The summed E-state index contributed by atoms with van der Waals surface area (Å²) in [5.74, 6) is -1.65. The van der Waals surface area contributed by atoms with Crippen LogP contribution in [0.25, 0.3) is 0 Å². The number of carbonyl (C=O) groups is 2. The van der Waals surface area contributed by atoms with Crippen molar-refractivity contribution in [3.63, 3.8) is 0 Å². The fourth-order valence-electron chi connectivity index (χ4n) is 1.72. The van der Waals surface area contributed by atoms with Crippen LogP contribution in [0.1, 0.15) is 21.5 Å². The summed E-state index contributed by atoms with van der Waals surface area (Å²) in [4.78, 5) is 22.2. The number of hydrogen-bond acceptors (Lipinski definition) is 3. The van der Waals surface area contributed by atoms with E-state index in [1.165, 1.54) is 0 Å². The van der Waals surface area contributed by atoms with Crippen LogP contribution in [0.5, 0.6) is 0 Å². The Morgan fingerprint density at radius 3 is 2.93 bits per heavy atom. The summed E-state index contributed by atoms with van der Waals surface area (Å²) < 4.78 is 4.79. The molecule has 0 aliphatic carbocycles. The summed E-state index contributed by atoms with van der Waals surface area (Å²) in [5.41, 5.74) is 2.18. The predicted octanol–water partition coefficient (Wildman–Crippen LogP) is 1.16. The summed E-state index contributed by atoms with van der Waals surface area (Å²) >= 11 is 0. The van der Waals surface area contributed by atoms with Crippen molar-refractivity contribution in [2.75, 3.05) is 0 Å². The van der Waals surface area contributed by atoms with Crippen molar-refractivity contribution in [2.45, 2.75) is 19.4 Å². The monoisotopic (exact) mass is 206 g/mol. The molecule has 1 N–H and O–H groups in total. The third-order valence-corrected chi connectivity index (χ3v) is 2.54. The quantitative estimate of drug-likeness (QED) is 0.700. The second kappa shape index (κ2) is 3.38. The molecule has 1 atom stereocenters. The minimum absolute atomic E-state index is 0.253. The first-order valence-electron chi connectivity index (χ1n) is 4.62. The largest absolute Gasteiger partial charge is 0.478 e. The van der Waals surface area contributed by atoms with Gasteiger partial charge in [-0.05, 0) is 24.1 Å². The lowest BCUT2D eigenvalue weighted by atomic mass is 9.94. The highest BCUT2D eigenvalue weighted by Crippen LogP contribution is 2.23. The minimum Gasteiger partial charge on any atom is -0.478 e. The van der Waals surface area contributed by atoms with Crippen LogP contribution in [0.15, 0.2) is 18.2 Å². The third-order valence-electron chi connectivity index (χ3n) is 2.54. The smallest absolute Gasteiger partial charge is 0.345 e. The van der Waals surface area contributed by atoms with Gasteiger partial charge in [-0.25, -0.2) is 9.59 Å². The van der Waals surface area contributed by atoms with Crippen LogP contribution in [0.4, 0.5) is 0 Å². The van der Waals surface area contributed by atoms with Crippen molar-refractivity contribution in [2.24, 2.45) is 0 Å². The topological polar surface area (TPSA) is 63.6 Å². The molecule has 0 fully saturated rings. The van der Waals surface area contributed by atoms with Gasteiger partial charge in [0.1, 0.15) is 0 Å². The lowest BCUT2D eigenvalue weighted by Crippen LogP contribution is -2.34. The zero-order valence-electron chi connectivity index (χ0n) is 8.19. The highest BCUT2D eigenvalue weighted by atomic mass is 16.6. The number of carboxylic acid groups (broad SMARTS) is 1. The highest BCUT2D eigenvalue weighted by Gasteiger charge is 2.31. The van der Waals surface area contributed by atoms with Crippen LogP contribution < -0.4 is 0 Å². The summed E-state index contributed by atoms with van der Waals surface area (Å²) in [6.07, 6.45) is -0.797. The lowest BCUT2D eigenvalue weighted by molar-refractivity contribution is -0.147. The van der Waals surface area contributed by atoms with Crippen LogP contribution in [-0.4, -0.2) is 23.1 Å². The summed E-state index contributed by atoms with van der Waals surface area (Å²) in [6, 6.07) is 5.27. The molecule has 1 aliphatic heterocycles. The van der Waals surface area contributed by atoms with Crippen molar-refractivity contribution in [3.05, 3.63) is 34.9 Å². The van der Waals surface area contributed by atoms with Gasteiger partial charge in [0.2, 0.25) is 6.10 Å². The maximum absolute atomic E-state index is 11.5. The number of aliphatic carboxylic acids is 1. The van der Waals surface area contributed by atoms with Crippen LogP contribution in [0, 0.1) is 6.92 Å². The molecule has 4 heteroatoms. The van der Waals surface area contributed by atoms with E-state index < -0.39 is 18.0 Å². The molecular weight excluding hydrogens is 196 g/mol. The standard InChI is InChI=1S/C11H10O4/c1-6-3-2-4-7-8(6)5-9(10(12)13)15-11(7)14/h2-4,9H,5H2,1H3,(H,12,13). The number of cyclic esters (lactones) is 1. The molecule has 0 saturated carbocycles. The molecular formula is C11H10O4. The molecule has 1 unspecified atom stereocenters. The van der Waals surface area contributed by atoms with E-state index in [0.29, 0.717) is 5.56 Å². The van der Waals surface area contributed by atoms with Gasteiger partial charge in [-0.3, -0.25) is 0 Å². The molecule has 0 bridgehead atoms. The predicted molar refractivity (Wildman–Crippen MR) is 51.7 cm³/mol. The number of benzene rings is 1. The Balaban J connectivity index is 2.46. The fourth-order valence-corrected chi connectivity index (χ4v) is 1.72. The molecule has 1 aromatic carbocycles. The molecule has 0 radical (unpaired) electrons. The lowest BCUT2D eigenvalue weighted by Gasteiger charge is -2.22. The highest BCUT2D eigenvalue weighted by molar-refractivity contribution is 5.95. The number of carbonyl (C=O) groups excluding carboxylic acids is 1. The molecule has 0 saturated heterocycles. The number of rotatable bonds is 1. The van der Waals surface area contributed by atoms with Gasteiger partial charge in [-0.1, -0.05) is 12.1 Å². The Hall–Kier alpha value is -1.84. The van der Waals surface area contributed by atoms with Gasteiger partial charge in [-0.15, -0.1) is 0 Å². The number of carboxylic acids is 1. The van der Waals surface area contributed by atoms with Gasteiger partial charge >= 0.3 is 11.9 Å². The maximum atomic E-state index is 11.5. The van der Waals surface area contributed by atoms with Crippen molar-refractivity contribution in [3.8, 4) is 0 Å². The molecule has 4 nitrogen and oxygen atoms in total.